The second-order valence-electron chi connectivity index (χ2n) is 5.49. The zero-order valence-electron chi connectivity index (χ0n) is 12.9. The molecule has 0 saturated heterocycles. The van der Waals surface area contributed by atoms with Gasteiger partial charge in [0.1, 0.15) is 5.60 Å². The van der Waals surface area contributed by atoms with Gasteiger partial charge in [0.25, 0.3) is 0 Å². The van der Waals surface area contributed by atoms with Crippen molar-refractivity contribution in [2.75, 3.05) is 7.05 Å². The summed E-state index contributed by atoms with van der Waals surface area (Å²) < 4.78 is 5.34. The van der Waals surface area contributed by atoms with Gasteiger partial charge in [-0.1, -0.05) is 30.9 Å². The third-order valence-electron chi connectivity index (χ3n) is 2.26. The van der Waals surface area contributed by atoms with Gasteiger partial charge in [-0.05, 0) is 46.3 Å². The van der Waals surface area contributed by atoms with Crippen molar-refractivity contribution in [2.45, 2.75) is 40.2 Å². The number of rotatable bonds is 4. The Bertz CT molecular complexity index is 423. The second kappa shape index (κ2) is 6.98. The number of hydrogen-bond acceptors (Lipinski definition) is 2. The molecule has 0 rings (SSSR count). The van der Waals surface area contributed by atoms with Crippen molar-refractivity contribution in [2.24, 2.45) is 0 Å². The highest BCUT2D eigenvalue weighted by molar-refractivity contribution is 5.71. The molecule has 0 aliphatic heterocycles. The summed E-state index contributed by atoms with van der Waals surface area (Å²) in [5, 5.41) is 0. The first-order valence-electron chi connectivity index (χ1n) is 6.22. The number of carbonyl (C=O) groups excluding carboxylic acids is 1. The normalized spacial score (nSPS) is 12.9. The van der Waals surface area contributed by atoms with E-state index in [9.17, 15) is 4.79 Å². The van der Waals surface area contributed by atoms with Crippen molar-refractivity contribution in [3.8, 4) is 0 Å². The number of likely N-dealkylation sites (N-methyl/N-ethyl adjacent to an activating group) is 1. The van der Waals surface area contributed by atoms with Crippen LogP contribution in [0.4, 0.5) is 4.79 Å². The summed E-state index contributed by atoms with van der Waals surface area (Å²) in [6, 6.07) is 0. The number of amides is 1. The van der Waals surface area contributed by atoms with Gasteiger partial charge >= 0.3 is 6.09 Å². The molecule has 3 heteroatoms. The molecule has 0 spiro atoms. The molecule has 0 bridgehead atoms. The van der Waals surface area contributed by atoms with Crippen molar-refractivity contribution in [3.63, 3.8) is 0 Å². The molecular weight excluding hydrogens is 238 g/mol. The number of ether oxygens (including phenoxy) is 1. The highest BCUT2D eigenvalue weighted by Gasteiger charge is 2.21. The van der Waals surface area contributed by atoms with Crippen molar-refractivity contribution in [1.29, 1.82) is 0 Å². The van der Waals surface area contributed by atoms with Gasteiger partial charge in [-0.2, -0.15) is 0 Å². The van der Waals surface area contributed by atoms with Crippen molar-refractivity contribution in [3.05, 3.63) is 48.2 Å². The minimum absolute atomic E-state index is 0.393. The zero-order chi connectivity index (χ0) is 15.2. The summed E-state index contributed by atoms with van der Waals surface area (Å²) >= 11 is 0. The molecule has 1 amide bonds. The van der Waals surface area contributed by atoms with E-state index in [4.69, 9.17) is 4.74 Å². The molecular formula is C16H25NO2. The Balaban J connectivity index is 5.25. The van der Waals surface area contributed by atoms with E-state index in [1.165, 1.54) is 4.90 Å². The topological polar surface area (TPSA) is 29.5 Å². The van der Waals surface area contributed by atoms with E-state index in [0.717, 1.165) is 16.8 Å². The van der Waals surface area contributed by atoms with Crippen LogP contribution in [0.2, 0.25) is 0 Å². The predicted octanol–water partition coefficient (Wildman–Crippen LogP) is 4.45. The Morgan fingerprint density at radius 3 is 2.11 bits per heavy atom. The summed E-state index contributed by atoms with van der Waals surface area (Å²) in [6.07, 6.45) is 5.00. The van der Waals surface area contributed by atoms with Crippen LogP contribution in [0.3, 0.4) is 0 Å². The van der Waals surface area contributed by atoms with Crippen LogP contribution in [-0.2, 0) is 4.74 Å². The van der Waals surface area contributed by atoms with Crippen LogP contribution in [-0.4, -0.2) is 23.6 Å². The molecule has 0 aromatic heterocycles. The Labute approximate surface area is 116 Å². The summed E-state index contributed by atoms with van der Waals surface area (Å²) in [5.41, 5.74) is 2.03. The van der Waals surface area contributed by atoms with Gasteiger partial charge in [-0.15, -0.1) is 0 Å². The summed E-state index contributed by atoms with van der Waals surface area (Å²) in [4.78, 5) is 13.5. The Morgan fingerprint density at radius 1 is 1.21 bits per heavy atom. The molecule has 0 fully saturated rings. The van der Waals surface area contributed by atoms with Crippen molar-refractivity contribution in [1.82, 2.24) is 4.90 Å². The standard InChI is InChI=1S/C16H25NO2/c1-9-13(4)14(11-10-12(2)3)17(8)15(18)19-16(5,6)7/h9-11H,1-2H2,3-8H3/b11-10-,14-13-. The lowest BCUT2D eigenvalue weighted by Gasteiger charge is -2.26. The molecule has 3 nitrogen and oxygen atoms in total. The fraction of sp³-hybridized carbons (Fsp3) is 0.438. The van der Waals surface area contributed by atoms with Gasteiger partial charge in [-0.25, -0.2) is 4.79 Å². The molecule has 0 aliphatic rings. The monoisotopic (exact) mass is 263 g/mol. The van der Waals surface area contributed by atoms with Crippen LogP contribution in [0.25, 0.3) is 0 Å². The van der Waals surface area contributed by atoms with Crippen LogP contribution >= 0.6 is 0 Å². The molecule has 0 aromatic carbocycles. The van der Waals surface area contributed by atoms with E-state index < -0.39 is 11.7 Å². The lowest BCUT2D eigenvalue weighted by molar-refractivity contribution is 0.0358. The molecule has 19 heavy (non-hydrogen) atoms. The Morgan fingerprint density at radius 2 is 1.74 bits per heavy atom. The maximum Gasteiger partial charge on any atom is 0.414 e. The van der Waals surface area contributed by atoms with Crippen LogP contribution in [0.5, 0.6) is 0 Å². The molecule has 0 saturated carbocycles. The first kappa shape index (κ1) is 17.2. The van der Waals surface area contributed by atoms with Crippen LogP contribution in [0.1, 0.15) is 34.6 Å². The third kappa shape index (κ3) is 6.65. The van der Waals surface area contributed by atoms with E-state index in [2.05, 4.69) is 13.2 Å². The van der Waals surface area contributed by atoms with E-state index in [1.807, 2.05) is 46.8 Å². The average molecular weight is 263 g/mol. The smallest absolute Gasteiger partial charge is 0.414 e. The molecule has 0 aromatic rings. The molecule has 0 heterocycles. The highest BCUT2D eigenvalue weighted by atomic mass is 16.6. The van der Waals surface area contributed by atoms with E-state index in [1.54, 1.807) is 13.1 Å². The van der Waals surface area contributed by atoms with Gasteiger partial charge in [0.2, 0.25) is 0 Å². The first-order chi connectivity index (χ1) is 8.58. The third-order valence-corrected chi connectivity index (χ3v) is 2.26. The number of carbonyl (C=O) groups is 1. The molecule has 106 valence electrons. The number of allylic oxidation sites excluding steroid dienone is 5. The largest absolute Gasteiger partial charge is 0.443 e. The van der Waals surface area contributed by atoms with Gasteiger partial charge in [0.15, 0.2) is 0 Å². The number of nitrogens with zero attached hydrogens (tertiary/aromatic N) is 1. The first-order valence-corrected chi connectivity index (χ1v) is 6.22. The maximum absolute atomic E-state index is 12.0. The Kier molecular flexibility index (Phi) is 6.33. The van der Waals surface area contributed by atoms with Gasteiger partial charge in [0.05, 0.1) is 0 Å². The van der Waals surface area contributed by atoms with E-state index >= 15 is 0 Å². The fourth-order valence-corrected chi connectivity index (χ4v) is 1.26. The van der Waals surface area contributed by atoms with Crippen LogP contribution < -0.4 is 0 Å². The van der Waals surface area contributed by atoms with Gasteiger partial charge in [-0.3, -0.25) is 4.90 Å². The molecule has 0 atom stereocenters. The average Bonchev–Trinajstić information content (AvgIpc) is 2.25. The van der Waals surface area contributed by atoms with Crippen molar-refractivity contribution < 1.29 is 9.53 Å². The fourth-order valence-electron chi connectivity index (χ4n) is 1.26. The van der Waals surface area contributed by atoms with Gasteiger partial charge < -0.3 is 4.74 Å². The second-order valence-corrected chi connectivity index (χ2v) is 5.49. The minimum atomic E-state index is -0.517. The SMILES string of the molecule is C=C/C(C)=C(/C=C\C(=C)C)N(C)C(=O)OC(C)(C)C. The van der Waals surface area contributed by atoms with E-state index in [-0.39, 0.29) is 0 Å². The predicted molar refractivity (Wildman–Crippen MR) is 80.8 cm³/mol. The molecule has 0 unspecified atom stereocenters. The lowest BCUT2D eigenvalue weighted by Crippen LogP contribution is -2.33. The molecule has 0 N–H and O–H groups in total. The van der Waals surface area contributed by atoms with Crippen molar-refractivity contribution >= 4 is 6.09 Å². The minimum Gasteiger partial charge on any atom is -0.443 e. The highest BCUT2D eigenvalue weighted by Crippen LogP contribution is 2.16. The lowest BCUT2D eigenvalue weighted by atomic mass is 10.1. The number of hydrogen-bond donors (Lipinski definition) is 0. The van der Waals surface area contributed by atoms with Crippen LogP contribution in [0, 0.1) is 0 Å². The van der Waals surface area contributed by atoms with E-state index in [0.29, 0.717) is 0 Å². The molecule has 0 radical (unpaired) electrons. The maximum atomic E-state index is 12.0. The summed E-state index contributed by atoms with van der Waals surface area (Å²) in [7, 11) is 1.68. The summed E-state index contributed by atoms with van der Waals surface area (Å²) in [6.45, 7) is 16.8. The molecule has 0 aliphatic carbocycles. The van der Waals surface area contributed by atoms with Crippen LogP contribution in [0.15, 0.2) is 48.2 Å². The zero-order valence-corrected chi connectivity index (χ0v) is 12.9. The van der Waals surface area contributed by atoms with Gasteiger partial charge in [0, 0.05) is 12.7 Å². The quantitative estimate of drug-likeness (QED) is 0.701. The Hall–Kier alpha value is -1.77. The summed E-state index contributed by atoms with van der Waals surface area (Å²) in [5.74, 6) is 0.